The molecule has 358 valence electrons. The van der Waals surface area contributed by atoms with Crippen LogP contribution >= 0.6 is 7.82 Å². The molecule has 0 spiro atoms. The molecule has 0 heterocycles. The minimum atomic E-state index is -4.75. The van der Waals surface area contributed by atoms with Gasteiger partial charge in [-0.3, -0.25) is 23.4 Å². The molecule has 0 aliphatic carbocycles. The fourth-order valence-electron chi connectivity index (χ4n) is 6.25. The van der Waals surface area contributed by atoms with Crippen LogP contribution in [0.5, 0.6) is 0 Å². The summed E-state index contributed by atoms with van der Waals surface area (Å²) in [4.78, 5) is 48.0. The van der Waals surface area contributed by atoms with E-state index in [4.69, 9.17) is 23.3 Å². The van der Waals surface area contributed by atoms with Gasteiger partial charge in [0.05, 0.1) is 19.8 Å². The van der Waals surface area contributed by atoms with Crippen molar-refractivity contribution < 1.29 is 52.2 Å². The summed E-state index contributed by atoms with van der Waals surface area (Å²) >= 11 is 0. The summed E-state index contributed by atoms with van der Waals surface area (Å²) in [5.41, 5.74) is 0. The first-order chi connectivity index (χ1) is 30.2. The van der Waals surface area contributed by atoms with Crippen molar-refractivity contribution in [3.8, 4) is 0 Å². The van der Waals surface area contributed by atoms with Gasteiger partial charge in [-0.1, -0.05) is 171 Å². The number of unbranched alkanes of at least 4 members (excludes halogenated alkanes) is 17. The first kappa shape index (κ1) is 59.2. The summed E-state index contributed by atoms with van der Waals surface area (Å²) in [5, 5.41) is 9.72. The van der Waals surface area contributed by atoms with E-state index in [0.29, 0.717) is 19.3 Å². The lowest BCUT2D eigenvalue weighted by Gasteiger charge is -2.21. The van der Waals surface area contributed by atoms with Gasteiger partial charge in [0.2, 0.25) is 0 Å². The van der Waals surface area contributed by atoms with Crippen LogP contribution in [0.25, 0.3) is 0 Å². The van der Waals surface area contributed by atoms with E-state index in [-0.39, 0.29) is 25.9 Å². The van der Waals surface area contributed by atoms with Gasteiger partial charge < -0.3 is 24.2 Å². The lowest BCUT2D eigenvalue weighted by molar-refractivity contribution is -0.161. The van der Waals surface area contributed by atoms with E-state index in [9.17, 15) is 28.9 Å². The van der Waals surface area contributed by atoms with E-state index in [0.717, 1.165) is 83.5 Å². The maximum Gasteiger partial charge on any atom is 0.472 e. The third-order valence-electron chi connectivity index (χ3n) is 9.94. The highest BCUT2D eigenvalue weighted by molar-refractivity contribution is 7.47. The topological polar surface area (TPSA) is 155 Å². The summed E-state index contributed by atoms with van der Waals surface area (Å²) in [5.74, 6) is -1.58. The Hall–Kier alpha value is -2.82. The monoisotopic (exact) mass is 895 g/mol. The number of hydrogen-bond acceptors (Lipinski definition) is 10. The molecule has 0 bridgehead atoms. The summed E-state index contributed by atoms with van der Waals surface area (Å²) in [7, 11) is -4.75. The van der Waals surface area contributed by atoms with E-state index >= 15 is 0 Å². The SMILES string of the molecule is CC/C=C\C/C=C\C/C=C\C/C=C\CCC(=O)OC(COC(=O)CCCCCCC/C=C\CCCCCC)COP(=O)(O)OCC(CO)OC(=O)CCCCCCCCCCC. The van der Waals surface area contributed by atoms with Crippen LogP contribution < -0.4 is 0 Å². The zero-order valence-electron chi connectivity index (χ0n) is 39.1. The zero-order chi connectivity index (χ0) is 45.6. The third-order valence-corrected chi connectivity index (χ3v) is 10.9. The van der Waals surface area contributed by atoms with Gasteiger partial charge in [-0.15, -0.1) is 0 Å². The van der Waals surface area contributed by atoms with Gasteiger partial charge in [0.1, 0.15) is 12.7 Å². The van der Waals surface area contributed by atoms with Crippen molar-refractivity contribution in [3.05, 3.63) is 60.8 Å². The molecule has 0 radical (unpaired) electrons. The first-order valence-electron chi connectivity index (χ1n) is 24.2. The van der Waals surface area contributed by atoms with E-state index < -0.39 is 57.8 Å². The van der Waals surface area contributed by atoms with Crippen molar-refractivity contribution in [2.45, 2.75) is 213 Å². The largest absolute Gasteiger partial charge is 0.472 e. The molecule has 3 atom stereocenters. The smallest absolute Gasteiger partial charge is 0.462 e. The van der Waals surface area contributed by atoms with Crippen molar-refractivity contribution in [1.82, 2.24) is 0 Å². The predicted molar refractivity (Wildman–Crippen MR) is 252 cm³/mol. The lowest BCUT2D eigenvalue weighted by atomic mass is 10.1. The maximum absolute atomic E-state index is 12.8. The predicted octanol–water partition coefficient (Wildman–Crippen LogP) is 13.2. The molecule has 0 fully saturated rings. The number of phosphoric acid groups is 1. The Kier molecular flexibility index (Phi) is 42.7. The van der Waals surface area contributed by atoms with Crippen molar-refractivity contribution >= 4 is 25.7 Å². The minimum Gasteiger partial charge on any atom is -0.462 e. The summed E-state index contributed by atoms with van der Waals surface area (Å²) in [6, 6.07) is 0. The van der Waals surface area contributed by atoms with Gasteiger partial charge in [0.25, 0.3) is 0 Å². The molecule has 0 aromatic carbocycles. The second kappa shape index (κ2) is 44.8. The Labute approximate surface area is 376 Å². The van der Waals surface area contributed by atoms with Crippen molar-refractivity contribution in [2.24, 2.45) is 0 Å². The highest BCUT2D eigenvalue weighted by Gasteiger charge is 2.28. The van der Waals surface area contributed by atoms with Crippen molar-refractivity contribution in [1.29, 1.82) is 0 Å². The highest BCUT2D eigenvalue weighted by atomic mass is 31.2. The van der Waals surface area contributed by atoms with Crippen molar-refractivity contribution in [2.75, 3.05) is 26.4 Å². The zero-order valence-corrected chi connectivity index (χ0v) is 40.0. The Balaban J connectivity index is 4.87. The second-order valence-corrected chi connectivity index (χ2v) is 17.3. The van der Waals surface area contributed by atoms with Crippen LogP contribution in [0.2, 0.25) is 0 Å². The molecule has 0 rings (SSSR count). The maximum atomic E-state index is 12.8. The molecule has 0 amide bonds. The Bertz CT molecular complexity index is 1280. The molecule has 0 aromatic rings. The van der Waals surface area contributed by atoms with E-state index in [1.165, 1.54) is 57.8 Å². The molecular weight excluding hydrogens is 808 g/mol. The van der Waals surface area contributed by atoms with Crippen LogP contribution in [0.4, 0.5) is 0 Å². The molecular formula is C50H87O11P. The van der Waals surface area contributed by atoms with E-state index in [1.807, 2.05) is 12.2 Å². The van der Waals surface area contributed by atoms with Crippen LogP contribution in [0.15, 0.2) is 60.8 Å². The van der Waals surface area contributed by atoms with Crippen LogP contribution in [0.3, 0.4) is 0 Å². The molecule has 0 saturated carbocycles. The summed E-state index contributed by atoms with van der Waals surface area (Å²) < 4.78 is 39.1. The van der Waals surface area contributed by atoms with Crippen LogP contribution in [0, 0.1) is 0 Å². The minimum absolute atomic E-state index is 0.0449. The standard InChI is InChI=1S/C50H87O11P/c1-4-7-10-13-16-19-21-23-25-28-30-33-36-39-48(52)57-43-47(61-50(54)41-38-35-32-29-26-24-22-20-17-14-11-8-5-2)45-59-62(55,56)58-44-46(42-51)60-49(53)40-37-34-31-27-18-15-12-9-6-3/h8,11,17,19-21,24,26,32,35,46-47,51H,4-7,9-10,12-16,18,22-23,25,27-31,33-34,36-45H2,1-3H3,(H,55,56)/b11-8-,20-17-,21-19-,26-24-,35-32-. The molecule has 3 unspecified atom stereocenters. The van der Waals surface area contributed by atoms with Gasteiger partial charge in [0.15, 0.2) is 6.10 Å². The number of aliphatic hydroxyl groups is 1. The number of aliphatic hydroxyl groups excluding tert-OH is 1. The lowest BCUT2D eigenvalue weighted by Crippen LogP contribution is -2.30. The normalized spacial score (nSPS) is 14.1. The number of carbonyl (C=O) groups excluding carboxylic acids is 3. The Morgan fingerprint density at radius 2 is 0.871 bits per heavy atom. The second-order valence-electron chi connectivity index (χ2n) is 15.9. The van der Waals surface area contributed by atoms with Gasteiger partial charge >= 0.3 is 25.7 Å². The highest BCUT2D eigenvalue weighted by Crippen LogP contribution is 2.43. The van der Waals surface area contributed by atoms with Crippen LogP contribution in [0.1, 0.15) is 201 Å². The molecule has 62 heavy (non-hydrogen) atoms. The first-order valence-corrected chi connectivity index (χ1v) is 25.7. The number of allylic oxidation sites excluding steroid dienone is 10. The van der Waals surface area contributed by atoms with E-state index in [1.54, 1.807) is 0 Å². The van der Waals surface area contributed by atoms with Gasteiger partial charge in [-0.25, -0.2) is 4.57 Å². The van der Waals surface area contributed by atoms with E-state index in [2.05, 4.69) is 69.4 Å². The number of carbonyl (C=O) groups is 3. The number of phosphoric ester groups is 1. The number of esters is 3. The van der Waals surface area contributed by atoms with Gasteiger partial charge in [-0.05, 0) is 70.6 Å². The van der Waals surface area contributed by atoms with Crippen LogP contribution in [-0.4, -0.2) is 66.5 Å². The van der Waals surface area contributed by atoms with Gasteiger partial charge in [-0.2, -0.15) is 0 Å². The third kappa shape index (κ3) is 42.5. The number of ether oxygens (including phenoxy) is 3. The average Bonchev–Trinajstić information content (AvgIpc) is 3.25. The molecule has 12 heteroatoms. The fraction of sp³-hybridized carbons (Fsp3) is 0.740. The fourth-order valence-corrected chi connectivity index (χ4v) is 7.03. The molecule has 11 nitrogen and oxygen atoms in total. The van der Waals surface area contributed by atoms with Crippen LogP contribution in [-0.2, 0) is 42.2 Å². The number of hydrogen-bond donors (Lipinski definition) is 2. The average molecular weight is 895 g/mol. The quantitative estimate of drug-likeness (QED) is 0.0197. The molecule has 0 saturated heterocycles. The summed E-state index contributed by atoms with van der Waals surface area (Å²) in [6.07, 6.45) is 45.1. The number of rotatable bonds is 44. The van der Waals surface area contributed by atoms with Gasteiger partial charge in [0, 0.05) is 19.3 Å². The van der Waals surface area contributed by atoms with Crippen molar-refractivity contribution in [3.63, 3.8) is 0 Å². The Morgan fingerprint density at radius 3 is 1.40 bits per heavy atom. The summed E-state index contributed by atoms with van der Waals surface area (Å²) in [6.45, 7) is 4.36. The Morgan fingerprint density at radius 1 is 0.468 bits per heavy atom. The molecule has 2 N–H and O–H groups in total. The molecule has 0 aliphatic heterocycles. The molecule has 0 aliphatic rings. The molecule has 0 aromatic heterocycles.